The van der Waals surface area contributed by atoms with Crippen LogP contribution in [0.2, 0.25) is 0 Å². The fraction of sp³-hybridized carbons (Fsp3) is 0.286. The molecule has 0 saturated carbocycles. The van der Waals surface area contributed by atoms with Crippen molar-refractivity contribution in [2.75, 3.05) is 0 Å². The lowest BCUT2D eigenvalue weighted by molar-refractivity contribution is 0.843. The van der Waals surface area contributed by atoms with Crippen LogP contribution in [-0.2, 0) is 0 Å². The summed E-state index contributed by atoms with van der Waals surface area (Å²) in [5.74, 6) is 1.22. The molecule has 0 aromatic carbocycles. The van der Waals surface area contributed by atoms with Gasteiger partial charge in [0.2, 0.25) is 0 Å². The Bertz CT molecular complexity index is 397. The second-order valence-electron chi connectivity index (χ2n) is 3.83. The lowest BCUT2D eigenvalue weighted by Gasteiger charge is -2.05. The monoisotopic (exact) mass is 214 g/mol. The molecule has 84 valence electrons. The third-order valence-electron chi connectivity index (χ3n) is 2.32. The molecule has 0 unspecified atom stereocenters. The van der Waals surface area contributed by atoms with Crippen molar-refractivity contribution in [2.45, 2.75) is 26.7 Å². The quantitative estimate of drug-likeness (QED) is 0.713. The highest BCUT2D eigenvalue weighted by Gasteiger charge is 2.03. The summed E-state index contributed by atoms with van der Waals surface area (Å²) in [4.78, 5) is 8.72. The summed E-state index contributed by atoms with van der Waals surface area (Å²) >= 11 is 0. The van der Waals surface area contributed by atoms with Crippen LogP contribution in [0.5, 0.6) is 0 Å². The molecule has 0 aliphatic heterocycles. The van der Waals surface area contributed by atoms with Crippen LogP contribution in [0.4, 0.5) is 0 Å². The average molecular weight is 214 g/mol. The van der Waals surface area contributed by atoms with Crippen molar-refractivity contribution < 1.29 is 0 Å². The molecule has 1 aromatic heterocycles. The molecule has 0 fully saturated rings. The molecule has 0 N–H and O–H groups in total. The maximum absolute atomic E-state index is 4.36. The Morgan fingerprint density at radius 2 is 1.94 bits per heavy atom. The van der Waals surface area contributed by atoms with Gasteiger partial charge in [0.15, 0.2) is 5.82 Å². The van der Waals surface area contributed by atoms with E-state index in [4.69, 9.17) is 0 Å². The van der Waals surface area contributed by atoms with Crippen LogP contribution in [0, 0.1) is 0 Å². The Morgan fingerprint density at radius 1 is 1.31 bits per heavy atom. The fourth-order valence-corrected chi connectivity index (χ4v) is 1.26. The van der Waals surface area contributed by atoms with Gasteiger partial charge in [-0.05, 0) is 18.4 Å². The third-order valence-corrected chi connectivity index (χ3v) is 2.32. The van der Waals surface area contributed by atoms with E-state index in [0.717, 1.165) is 17.0 Å². The summed E-state index contributed by atoms with van der Waals surface area (Å²) in [6.45, 7) is 9.88. The molecule has 0 radical (unpaired) electrons. The van der Waals surface area contributed by atoms with Crippen LogP contribution >= 0.6 is 0 Å². The predicted molar refractivity (Wildman–Crippen MR) is 69.1 cm³/mol. The van der Waals surface area contributed by atoms with Crippen LogP contribution in [0.25, 0.3) is 5.57 Å². The number of nitrogens with zero attached hydrogens (tertiary/aromatic N) is 2. The van der Waals surface area contributed by atoms with Gasteiger partial charge in [0.25, 0.3) is 0 Å². The largest absolute Gasteiger partial charge is 0.236 e. The lowest BCUT2D eigenvalue weighted by Crippen LogP contribution is -1.96. The van der Waals surface area contributed by atoms with Gasteiger partial charge in [0.1, 0.15) is 0 Å². The Kier molecular flexibility index (Phi) is 4.65. The fourth-order valence-electron chi connectivity index (χ4n) is 1.26. The van der Waals surface area contributed by atoms with Crippen molar-refractivity contribution in [2.24, 2.45) is 0 Å². The first-order chi connectivity index (χ1) is 7.69. The van der Waals surface area contributed by atoms with Crippen molar-refractivity contribution in [1.29, 1.82) is 0 Å². The predicted octanol–water partition coefficient (Wildman–Crippen LogP) is 3.75. The van der Waals surface area contributed by atoms with Crippen LogP contribution in [0.1, 0.15) is 38.1 Å². The smallest absolute Gasteiger partial charge is 0.158 e. The van der Waals surface area contributed by atoms with Gasteiger partial charge in [0, 0.05) is 18.0 Å². The maximum atomic E-state index is 4.36. The van der Waals surface area contributed by atoms with Crippen molar-refractivity contribution >= 4 is 5.57 Å². The summed E-state index contributed by atoms with van der Waals surface area (Å²) in [5.41, 5.74) is 2.17. The molecule has 0 bridgehead atoms. The molecule has 0 amide bonds. The highest BCUT2D eigenvalue weighted by Crippen LogP contribution is 2.15. The maximum Gasteiger partial charge on any atom is 0.158 e. The highest BCUT2D eigenvalue weighted by molar-refractivity contribution is 5.69. The topological polar surface area (TPSA) is 25.8 Å². The van der Waals surface area contributed by atoms with Gasteiger partial charge < -0.3 is 0 Å². The molecular formula is C14H18N2. The van der Waals surface area contributed by atoms with Crippen molar-refractivity contribution in [3.8, 4) is 0 Å². The molecule has 0 saturated heterocycles. The summed E-state index contributed by atoms with van der Waals surface area (Å²) in [7, 11) is 0. The number of hydrogen-bond acceptors (Lipinski definition) is 2. The minimum atomic E-state index is 0.465. The van der Waals surface area contributed by atoms with Gasteiger partial charge in [-0.1, -0.05) is 44.7 Å². The van der Waals surface area contributed by atoms with E-state index in [1.807, 2.05) is 37.5 Å². The molecule has 2 heteroatoms. The van der Waals surface area contributed by atoms with Crippen molar-refractivity contribution in [3.05, 3.63) is 54.7 Å². The number of allylic oxidation sites excluding steroid dienone is 5. The molecule has 0 atom stereocenters. The van der Waals surface area contributed by atoms with E-state index in [0.29, 0.717) is 5.92 Å². The van der Waals surface area contributed by atoms with E-state index in [1.165, 1.54) is 0 Å². The second kappa shape index (κ2) is 6.01. The van der Waals surface area contributed by atoms with Crippen LogP contribution in [-0.4, -0.2) is 9.97 Å². The first kappa shape index (κ1) is 12.4. The van der Waals surface area contributed by atoms with E-state index in [1.54, 1.807) is 6.08 Å². The lowest BCUT2D eigenvalue weighted by atomic mass is 10.1. The SMILES string of the molecule is C=C/C=C\C(=C/C)c1ncc(C(C)C)cn1. The minimum absolute atomic E-state index is 0.465. The Labute approximate surface area is 97.5 Å². The standard InChI is InChI=1S/C14H18N2/c1-5-7-8-12(6-2)14-15-9-13(10-16-14)11(3)4/h5-11H,1H2,2-4H3/b8-7-,12-6+. The molecule has 2 nitrogen and oxygen atoms in total. The third kappa shape index (κ3) is 3.16. The molecule has 1 heterocycles. The van der Waals surface area contributed by atoms with E-state index >= 15 is 0 Å². The molecule has 0 aliphatic carbocycles. The zero-order valence-corrected chi connectivity index (χ0v) is 10.1. The first-order valence-corrected chi connectivity index (χ1v) is 5.46. The van der Waals surface area contributed by atoms with Crippen LogP contribution in [0.15, 0.2) is 43.3 Å². The van der Waals surface area contributed by atoms with Crippen molar-refractivity contribution in [1.82, 2.24) is 9.97 Å². The van der Waals surface area contributed by atoms with E-state index in [2.05, 4.69) is 30.4 Å². The minimum Gasteiger partial charge on any atom is -0.236 e. The zero-order valence-electron chi connectivity index (χ0n) is 10.1. The molecular weight excluding hydrogens is 196 g/mol. The Hall–Kier alpha value is -1.70. The molecule has 0 aliphatic rings. The van der Waals surface area contributed by atoms with E-state index in [-0.39, 0.29) is 0 Å². The van der Waals surface area contributed by atoms with Gasteiger partial charge in [0.05, 0.1) is 0 Å². The van der Waals surface area contributed by atoms with E-state index in [9.17, 15) is 0 Å². The summed E-state index contributed by atoms with van der Waals surface area (Å²) in [6.07, 6.45) is 11.3. The first-order valence-electron chi connectivity index (χ1n) is 5.46. The average Bonchev–Trinajstić information content (AvgIpc) is 2.30. The number of rotatable bonds is 4. The van der Waals surface area contributed by atoms with Crippen molar-refractivity contribution in [3.63, 3.8) is 0 Å². The van der Waals surface area contributed by atoms with E-state index < -0.39 is 0 Å². The molecule has 1 rings (SSSR count). The number of aromatic nitrogens is 2. The molecule has 1 aromatic rings. The summed E-state index contributed by atoms with van der Waals surface area (Å²) in [6, 6.07) is 0. The van der Waals surface area contributed by atoms with Gasteiger partial charge in [-0.2, -0.15) is 0 Å². The van der Waals surface area contributed by atoms with Crippen LogP contribution in [0.3, 0.4) is 0 Å². The Balaban J connectivity index is 2.96. The second-order valence-corrected chi connectivity index (χ2v) is 3.83. The molecule has 16 heavy (non-hydrogen) atoms. The normalized spacial score (nSPS) is 12.4. The van der Waals surface area contributed by atoms with Gasteiger partial charge in [-0.25, -0.2) is 9.97 Å². The van der Waals surface area contributed by atoms with Crippen LogP contribution < -0.4 is 0 Å². The number of hydrogen-bond donors (Lipinski definition) is 0. The molecule has 0 spiro atoms. The van der Waals surface area contributed by atoms with Gasteiger partial charge in [-0.3, -0.25) is 0 Å². The zero-order chi connectivity index (χ0) is 12.0. The Morgan fingerprint density at radius 3 is 2.38 bits per heavy atom. The van der Waals surface area contributed by atoms with Gasteiger partial charge >= 0.3 is 0 Å². The van der Waals surface area contributed by atoms with Gasteiger partial charge in [-0.15, -0.1) is 0 Å². The summed E-state index contributed by atoms with van der Waals surface area (Å²) < 4.78 is 0. The highest BCUT2D eigenvalue weighted by atomic mass is 14.9. The summed E-state index contributed by atoms with van der Waals surface area (Å²) in [5, 5.41) is 0.